The molecule has 2 heterocycles. The zero-order valence-corrected chi connectivity index (χ0v) is 22.4. The average molecular weight is 515 g/mol. The third-order valence-electron chi connectivity index (χ3n) is 5.75. The number of aromatic hydroxyl groups is 2. The van der Waals surface area contributed by atoms with Gasteiger partial charge < -0.3 is 14.0 Å². The summed E-state index contributed by atoms with van der Waals surface area (Å²) >= 11 is 2.28. The summed E-state index contributed by atoms with van der Waals surface area (Å²) in [5, 5.41) is 20.8. The maximum Gasteiger partial charge on any atom is 0.482 e. The first-order valence-electron chi connectivity index (χ1n) is 12.1. The molecule has 0 saturated heterocycles. The van der Waals surface area contributed by atoms with E-state index >= 15 is 0 Å². The Labute approximate surface area is 230 Å². The standard InChI is InChI=1S/C12H10O.2C10H9NO.Al/c13-12-9-5-4-8-11(12)10-6-2-1-3-7-10;2*1-7-5-8-3-2-4-9(12)10(8)11-6-7;/h1-9,13H;2*2-6,12H,1H3;/q;;;+1/p-1. The van der Waals surface area contributed by atoms with Gasteiger partial charge in [-0.05, 0) is 60.9 Å². The molecule has 0 bridgehead atoms. The third-order valence-corrected chi connectivity index (χ3v) is 6.01. The zero-order chi connectivity index (χ0) is 26.9. The smallest absolute Gasteiger partial charge is 0.482 e. The molecule has 6 rings (SSSR count). The molecule has 2 N–H and O–H groups in total. The van der Waals surface area contributed by atoms with Crippen LogP contribution in [-0.2, 0) is 0 Å². The largest absolute Gasteiger partial charge is 0.653 e. The lowest BCUT2D eigenvalue weighted by Gasteiger charge is -2.09. The molecule has 0 unspecified atom stereocenters. The van der Waals surface area contributed by atoms with Crippen LogP contribution < -0.4 is 3.79 Å². The summed E-state index contributed by atoms with van der Waals surface area (Å²) < 4.78 is 5.22. The van der Waals surface area contributed by atoms with Crippen LogP contribution in [0.5, 0.6) is 17.2 Å². The third kappa shape index (κ3) is 6.69. The molecule has 0 spiro atoms. The van der Waals surface area contributed by atoms with Crippen LogP contribution in [0.2, 0.25) is 0 Å². The van der Waals surface area contributed by atoms with Crippen molar-refractivity contribution >= 4 is 38.4 Å². The number of hydrogen-bond acceptors (Lipinski definition) is 5. The molecule has 38 heavy (non-hydrogen) atoms. The highest BCUT2D eigenvalue weighted by atomic mass is 27.1. The van der Waals surface area contributed by atoms with E-state index in [-0.39, 0.29) is 11.5 Å². The number of fused-ring (bicyclic) bond motifs is 2. The summed E-state index contributed by atoms with van der Waals surface area (Å²) in [6.07, 6.45) is 3.50. The van der Waals surface area contributed by atoms with E-state index in [0.29, 0.717) is 11.0 Å². The molecular formula is C32H27AlN2O3. The number of para-hydroxylation sites is 3. The van der Waals surface area contributed by atoms with Crippen LogP contribution in [0.4, 0.5) is 0 Å². The molecule has 0 aliphatic heterocycles. The molecule has 186 valence electrons. The van der Waals surface area contributed by atoms with Gasteiger partial charge in [-0.1, -0.05) is 72.8 Å². The van der Waals surface area contributed by atoms with E-state index in [2.05, 4.69) is 44.8 Å². The second kappa shape index (κ2) is 12.7. The number of hydrogen-bond donors (Lipinski definition) is 2. The van der Waals surface area contributed by atoms with E-state index in [0.717, 1.165) is 33.2 Å². The molecule has 5 nitrogen and oxygen atoms in total. The molecule has 6 aromatic rings. The Hall–Kier alpha value is -4.37. The van der Waals surface area contributed by atoms with Crippen molar-refractivity contribution in [2.24, 2.45) is 0 Å². The number of aromatic nitrogens is 2. The van der Waals surface area contributed by atoms with Gasteiger partial charge in [0.1, 0.15) is 22.5 Å². The predicted molar refractivity (Wildman–Crippen MR) is 155 cm³/mol. The number of aryl methyl sites for hydroxylation is 2. The minimum atomic E-state index is 0.243. The number of phenols is 2. The molecule has 0 fully saturated rings. The summed E-state index contributed by atoms with van der Waals surface area (Å²) in [5.74, 6) is 1.36. The highest BCUT2D eigenvalue weighted by molar-refractivity contribution is 6.00. The molecule has 0 atom stereocenters. The van der Waals surface area contributed by atoms with Crippen molar-refractivity contribution < 1.29 is 14.0 Å². The Bertz CT molecular complexity index is 1570. The number of nitrogens with zero attached hydrogens (tertiary/aromatic N) is 2. The maximum atomic E-state index is 9.40. The Morgan fingerprint density at radius 2 is 1.11 bits per heavy atom. The van der Waals surface area contributed by atoms with Gasteiger partial charge in [0.15, 0.2) is 0 Å². The summed E-state index contributed by atoms with van der Waals surface area (Å²) in [6, 6.07) is 33.0. The lowest BCUT2D eigenvalue weighted by molar-refractivity contribution is 0.480. The molecule has 0 aliphatic carbocycles. The monoisotopic (exact) mass is 514 g/mol. The van der Waals surface area contributed by atoms with Gasteiger partial charge in [0, 0.05) is 28.7 Å². The normalized spacial score (nSPS) is 10.2. The summed E-state index contributed by atoms with van der Waals surface area (Å²) in [6.45, 7) is 3.97. The fourth-order valence-electron chi connectivity index (χ4n) is 3.94. The van der Waals surface area contributed by atoms with Crippen molar-refractivity contribution in [1.82, 2.24) is 9.97 Å². The highest BCUT2D eigenvalue weighted by Crippen LogP contribution is 2.28. The van der Waals surface area contributed by atoms with Gasteiger partial charge in [-0.2, -0.15) is 0 Å². The summed E-state index contributed by atoms with van der Waals surface area (Å²) in [5.41, 5.74) is 5.83. The van der Waals surface area contributed by atoms with Crippen molar-refractivity contribution in [3.63, 3.8) is 0 Å². The topological polar surface area (TPSA) is 75.5 Å². The molecule has 6 heteroatoms. The molecule has 0 saturated carbocycles. The van der Waals surface area contributed by atoms with Crippen molar-refractivity contribution in [3.05, 3.63) is 127 Å². The van der Waals surface area contributed by atoms with Gasteiger partial charge in [0.2, 0.25) is 0 Å². The fraction of sp³-hybridized carbons (Fsp3) is 0.0625. The molecule has 2 aromatic heterocycles. The van der Waals surface area contributed by atoms with E-state index in [4.69, 9.17) is 3.79 Å². The molecule has 0 aliphatic rings. The van der Waals surface area contributed by atoms with Crippen LogP contribution in [0.3, 0.4) is 0 Å². The van der Waals surface area contributed by atoms with Crippen LogP contribution >= 0.6 is 0 Å². The van der Waals surface area contributed by atoms with Crippen LogP contribution in [0.15, 0.2) is 116 Å². The van der Waals surface area contributed by atoms with E-state index in [1.165, 1.54) is 5.56 Å². The second-order valence-electron chi connectivity index (χ2n) is 8.70. The van der Waals surface area contributed by atoms with Gasteiger partial charge in [-0.3, -0.25) is 9.97 Å². The molecule has 0 amide bonds. The molecule has 2 radical (unpaired) electrons. The predicted octanol–water partition coefficient (Wildman–Crippen LogP) is 7.31. The van der Waals surface area contributed by atoms with Gasteiger partial charge in [0.05, 0.1) is 5.75 Å². The number of benzene rings is 4. The SMILES string of the molecule is Cc1cnc2c(O)cccc2c1.Cc1cnc2c(O)cccc2c1.[Al][O]c1ccccc1-c1ccccc1. The zero-order valence-electron chi connectivity index (χ0n) is 21.2. The molecule has 4 aromatic carbocycles. The Balaban J connectivity index is 0.000000133. The minimum absolute atomic E-state index is 0.243. The van der Waals surface area contributed by atoms with Crippen LogP contribution in [0.1, 0.15) is 11.1 Å². The van der Waals surface area contributed by atoms with Gasteiger partial charge >= 0.3 is 16.6 Å². The number of rotatable bonds is 2. The van der Waals surface area contributed by atoms with Crippen LogP contribution in [0, 0.1) is 13.8 Å². The quantitative estimate of drug-likeness (QED) is 0.237. The van der Waals surface area contributed by atoms with Crippen LogP contribution in [0.25, 0.3) is 32.9 Å². The van der Waals surface area contributed by atoms with Gasteiger partial charge in [0.25, 0.3) is 0 Å². The van der Waals surface area contributed by atoms with E-state index in [1.54, 1.807) is 24.5 Å². The average Bonchev–Trinajstić information content (AvgIpc) is 2.94. The first-order chi connectivity index (χ1) is 18.5. The first-order valence-corrected chi connectivity index (χ1v) is 12.5. The second-order valence-corrected chi connectivity index (χ2v) is 8.94. The van der Waals surface area contributed by atoms with E-state index in [1.807, 2.05) is 86.6 Å². The van der Waals surface area contributed by atoms with Gasteiger partial charge in [-0.15, -0.1) is 0 Å². The lowest BCUT2D eigenvalue weighted by Crippen LogP contribution is -1.88. The van der Waals surface area contributed by atoms with Crippen molar-refractivity contribution in [3.8, 4) is 28.4 Å². The van der Waals surface area contributed by atoms with E-state index < -0.39 is 0 Å². The minimum Gasteiger partial charge on any atom is -0.653 e. The number of phenolic OH excluding ortho intramolecular Hbond substituents is 2. The summed E-state index contributed by atoms with van der Waals surface area (Å²) in [4.78, 5) is 8.26. The van der Waals surface area contributed by atoms with Crippen molar-refractivity contribution in [2.45, 2.75) is 13.8 Å². The van der Waals surface area contributed by atoms with Crippen molar-refractivity contribution in [1.29, 1.82) is 0 Å². The number of pyridine rings is 2. The Morgan fingerprint density at radius 1 is 0.605 bits per heavy atom. The van der Waals surface area contributed by atoms with E-state index in [9.17, 15) is 10.2 Å². The Morgan fingerprint density at radius 3 is 1.63 bits per heavy atom. The van der Waals surface area contributed by atoms with Gasteiger partial charge in [-0.25, -0.2) is 0 Å². The fourth-order valence-corrected chi connectivity index (χ4v) is 4.14. The summed E-state index contributed by atoms with van der Waals surface area (Å²) in [7, 11) is 0. The highest BCUT2D eigenvalue weighted by Gasteiger charge is 2.02. The first kappa shape index (κ1) is 26.7. The van der Waals surface area contributed by atoms with Crippen molar-refractivity contribution in [2.75, 3.05) is 0 Å². The Kier molecular flexibility index (Phi) is 8.95. The lowest BCUT2D eigenvalue weighted by atomic mass is 10.1. The molecular weight excluding hydrogens is 487 g/mol. The van der Waals surface area contributed by atoms with Crippen LogP contribution in [-0.4, -0.2) is 36.8 Å². The maximum absolute atomic E-state index is 9.40.